The molecular formula is C30H49FO2. The van der Waals surface area contributed by atoms with E-state index in [4.69, 9.17) is 0 Å². The van der Waals surface area contributed by atoms with E-state index in [1.165, 1.54) is 77.0 Å². The molecule has 5 saturated carbocycles. The highest BCUT2D eigenvalue weighted by Crippen LogP contribution is 2.63. The van der Waals surface area contributed by atoms with Gasteiger partial charge in [-0.2, -0.15) is 0 Å². The van der Waals surface area contributed by atoms with Gasteiger partial charge in [-0.25, -0.2) is 0 Å². The molecule has 2 nitrogen and oxygen atoms in total. The van der Waals surface area contributed by atoms with E-state index < -0.39 is 0 Å². The van der Waals surface area contributed by atoms with Crippen molar-refractivity contribution in [1.29, 1.82) is 0 Å². The third-order valence-corrected chi connectivity index (χ3v) is 11.0. The third-order valence-electron chi connectivity index (χ3n) is 11.0. The lowest BCUT2D eigenvalue weighted by Crippen LogP contribution is -2.46. The van der Waals surface area contributed by atoms with E-state index in [2.05, 4.69) is 0 Å². The molecule has 0 atom stereocenters. The van der Waals surface area contributed by atoms with Crippen molar-refractivity contribution in [3.8, 4) is 0 Å². The monoisotopic (exact) mass is 460 g/mol. The van der Waals surface area contributed by atoms with Crippen molar-refractivity contribution in [1.82, 2.24) is 0 Å². The van der Waals surface area contributed by atoms with Gasteiger partial charge < -0.3 is 0 Å². The second kappa shape index (κ2) is 11.3. The molecule has 0 radical (unpaired) electrons. The number of fused-ring (bicyclic) bond motifs is 3. The van der Waals surface area contributed by atoms with Crippen molar-refractivity contribution < 1.29 is 14.0 Å². The molecule has 0 aromatic rings. The molecule has 0 saturated heterocycles. The summed E-state index contributed by atoms with van der Waals surface area (Å²) < 4.78 is 12.4. The Morgan fingerprint density at radius 3 is 2.00 bits per heavy atom. The summed E-state index contributed by atoms with van der Waals surface area (Å²) in [6, 6.07) is 0. The van der Waals surface area contributed by atoms with Crippen LogP contribution in [-0.2, 0) is 9.59 Å². The van der Waals surface area contributed by atoms with E-state index in [1.807, 2.05) is 6.92 Å². The second-order valence-electron chi connectivity index (χ2n) is 12.7. The predicted molar refractivity (Wildman–Crippen MR) is 133 cm³/mol. The van der Waals surface area contributed by atoms with E-state index in [0.717, 1.165) is 50.9 Å². The van der Waals surface area contributed by atoms with Gasteiger partial charge in [0.2, 0.25) is 0 Å². The number of Topliss-reactive ketones (excluding diaryl/α,β-unsaturated/α-hetero) is 2. The molecular weight excluding hydrogens is 411 g/mol. The normalized spacial score (nSPS) is 38.8. The van der Waals surface area contributed by atoms with Gasteiger partial charge in [0.1, 0.15) is 11.6 Å². The van der Waals surface area contributed by atoms with Crippen LogP contribution in [0.2, 0.25) is 0 Å². The highest BCUT2D eigenvalue weighted by Gasteiger charge is 2.52. The zero-order chi connectivity index (χ0) is 23.3. The van der Waals surface area contributed by atoms with E-state index >= 15 is 0 Å². The number of rotatable bonds is 11. The van der Waals surface area contributed by atoms with Gasteiger partial charge in [0, 0.05) is 25.2 Å². The highest BCUT2D eigenvalue weighted by atomic mass is 19.1. The third kappa shape index (κ3) is 6.10. The number of carbonyl (C=O) groups excluding carboxylic acids is 2. The molecule has 0 amide bonds. The van der Waals surface area contributed by atoms with Crippen molar-refractivity contribution in [2.24, 2.45) is 34.5 Å². The predicted octanol–water partition coefficient (Wildman–Crippen LogP) is 8.41. The molecule has 2 bridgehead atoms. The first kappa shape index (κ1) is 25.4. The van der Waals surface area contributed by atoms with Crippen molar-refractivity contribution in [2.45, 2.75) is 135 Å². The Bertz CT molecular complexity index is 630. The van der Waals surface area contributed by atoms with Crippen LogP contribution in [0.15, 0.2) is 0 Å². The van der Waals surface area contributed by atoms with Crippen LogP contribution in [0.5, 0.6) is 0 Å². The van der Waals surface area contributed by atoms with Crippen LogP contribution in [0.25, 0.3) is 0 Å². The zero-order valence-corrected chi connectivity index (χ0v) is 21.4. The largest absolute Gasteiger partial charge is 0.300 e. The van der Waals surface area contributed by atoms with Gasteiger partial charge in [0.05, 0.1) is 6.67 Å². The molecule has 0 aromatic heterocycles. The van der Waals surface area contributed by atoms with Gasteiger partial charge >= 0.3 is 0 Å². The number of carbonyl (C=O) groups is 2. The first-order valence-electron chi connectivity index (χ1n) is 14.6. The maximum Gasteiger partial charge on any atom is 0.136 e. The van der Waals surface area contributed by atoms with Crippen LogP contribution in [0.3, 0.4) is 0 Å². The zero-order valence-electron chi connectivity index (χ0n) is 21.4. The van der Waals surface area contributed by atoms with Crippen molar-refractivity contribution in [2.75, 3.05) is 6.67 Å². The van der Waals surface area contributed by atoms with Crippen LogP contribution in [-0.4, -0.2) is 18.2 Å². The maximum absolute atomic E-state index is 13.1. The molecule has 5 rings (SSSR count). The van der Waals surface area contributed by atoms with Crippen molar-refractivity contribution in [3.05, 3.63) is 0 Å². The Balaban J connectivity index is 1.18. The van der Waals surface area contributed by atoms with Crippen molar-refractivity contribution in [3.63, 3.8) is 0 Å². The smallest absolute Gasteiger partial charge is 0.136 e. The molecule has 0 spiro atoms. The summed E-state index contributed by atoms with van der Waals surface area (Å²) in [6.45, 7) is 1.82. The molecule has 0 unspecified atom stereocenters. The lowest BCUT2D eigenvalue weighted by Gasteiger charge is -2.58. The van der Waals surface area contributed by atoms with E-state index in [0.29, 0.717) is 46.6 Å². The molecule has 3 heteroatoms. The fourth-order valence-corrected chi connectivity index (χ4v) is 8.43. The second-order valence-corrected chi connectivity index (χ2v) is 12.7. The van der Waals surface area contributed by atoms with Crippen LogP contribution in [0, 0.1) is 34.5 Å². The number of hydrogen-bond acceptors (Lipinski definition) is 2. The first-order chi connectivity index (χ1) is 16.0. The summed E-state index contributed by atoms with van der Waals surface area (Å²) in [7, 11) is 0. The lowest BCUT2D eigenvalue weighted by molar-refractivity contribution is -0.127. The number of hydrogen-bond donors (Lipinski definition) is 0. The highest BCUT2D eigenvalue weighted by molar-refractivity contribution is 5.81. The minimum atomic E-state index is -0.177. The summed E-state index contributed by atoms with van der Waals surface area (Å²) in [5.74, 6) is 3.47. The quantitative estimate of drug-likeness (QED) is 0.310. The van der Waals surface area contributed by atoms with Gasteiger partial charge in [-0.05, 0) is 125 Å². The molecule has 0 aliphatic heterocycles. The van der Waals surface area contributed by atoms with Gasteiger partial charge in [0.25, 0.3) is 0 Å². The number of ketones is 2. The Labute approximate surface area is 202 Å². The van der Waals surface area contributed by atoms with E-state index in [9.17, 15) is 14.0 Å². The van der Waals surface area contributed by atoms with Crippen LogP contribution >= 0.6 is 0 Å². The molecule has 0 heterocycles. The first-order valence-corrected chi connectivity index (χ1v) is 14.6. The van der Waals surface area contributed by atoms with Crippen LogP contribution in [0.1, 0.15) is 135 Å². The molecule has 0 N–H and O–H groups in total. The minimum Gasteiger partial charge on any atom is -0.300 e. The summed E-state index contributed by atoms with van der Waals surface area (Å²) >= 11 is 0. The fourth-order valence-electron chi connectivity index (χ4n) is 8.43. The Morgan fingerprint density at radius 2 is 1.42 bits per heavy atom. The van der Waals surface area contributed by atoms with Gasteiger partial charge in [0.15, 0.2) is 0 Å². The van der Waals surface area contributed by atoms with Crippen molar-refractivity contribution >= 4 is 11.6 Å². The summed E-state index contributed by atoms with van der Waals surface area (Å²) in [5.41, 5.74) is 1.03. The van der Waals surface area contributed by atoms with Gasteiger partial charge in [-0.15, -0.1) is 0 Å². The lowest BCUT2D eigenvalue weighted by atomic mass is 9.47. The average Bonchev–Trinajstić information content (AvgIpc) is 2.88. The maximum atomic E-state index is 13.1. The SMILES string of the molecule is CCC(=O)CCC12CCC(C3CCC(C(=O)CC4CCC(CCCF)CC4)CC3)(CC1)CC2. The fraction of sp³-hybridized carbons (Fsp3) is 0.933. The number of alkyl halides is 1. The Kier molecular flexibility index (Phi) is 8.71. The van der Waals surface area contributed by atoms with Gasteiger partial charge in [-0.1, -0.05) is 19.8 Å². The summed E-state index contributed by atoms with van der Waals surface area (Å²) in [4.78, 5) is 24.9. The summed E-state index contributed by atoms with van der Waals surface area (Å²) in [6.07, 6.45) is 23.0. The Hall–Kier alpha value is -0.730. The Morgan fingerprint density at radius 1 is 0.818 bits per heavy atom. The van der Waals surface area contributed by atoms with Crippen LogP contribution < -0.4 is 0 Å². The topological polar surface area (TPSA) is 34.1 Å². The van der Waals surface area contributed by atoms with Crippen LogP contribution in [0.4, 0.5) is 4.39 Å². The molecule has 0 aromatic carbocycles. The van der Waals surface area contributed by atoms with E-state index in [1.54, 1.807) is 0 Å². The summed E-state index contributed by atoms with van der Waals surface area (Å²) in [5, 5.41) is 0. The molecule has 5 aliphatic carbocycles. The molecule has 5 aliphatic rings. The van der Waals surface area contributed by atoms with E-state index in [-0.39, 0.29) is 6.67 Å². The average molecular weight is 461 g/mol. The standard InChI is InChI=1S/C30H49FO2/c1-2-27(32)13-14-29-15-18-30(19-16-29,20-17-29)26-11-9-25(10-12-26)28(33)22-24-7-5-23(6-8-24)4-3-21-31/h23-26H,2-22H2,1H3. The minimum absolute atomic E-state index is 0.177. The molecule has 33 heavy (non-hydrogen) atoms. The van der Waals surface area contributed by atoms with Gasteiger partial charge in [-0.3, -0.25) is 14.0 Å². The number of halogens is 1. The molecule has 188 valence electrons. The molecule has 5 fully saturated rings.